The van der Waals surface area contributed by atoms with Gasteiger partial charge in [-0.1, -0.05) is 18.2 Å². The molecule has 2 aromatic carbocycles. The maximum absolute atomic E-state index is 13.5. The van der Waals surface area contributed by atoms with Gasteiger partial charge in [-0.2, -0.15) is 5.10 Å². The molecule has 1 unspecified atom stereocenters. The molecule has 4 rings (SSSR count). The summed E-state index contributed by atoms with van der Waals surface area (Å²) in [4.78, 5) is 15.1. The van der Waals surface area contributed by atoms with Crippen LogP contribution in [0, 0.1) is 5.82 Å². The number of aliphatic carboxylic acids is 1. The average molecular weight is 496 g/mol. The highest BCUT2D eigenvalue weighted by molar-refractivity contribution is 7.91. The number of pyridine rings is 1. The molecule has 3 N–H and O–H groups in total. The summed E-state index contributed by atoms with van der Waals surface area (Å²) in [6, 6.07) is 18.5. The summed E-state index contributed by atoms with van der Waals surface area (Å²) in [7, 11) is -4.03. The molecule has 0 bridgehead atoms. The number of anilines is 1. The third-order valence-electron chi connectivity index (χ3n) is 5.11. The lowest BCUT2D eigenvalue weighted by Crippen LogP contribution is -2.29. The van der Waals surface area contributed by atoms with Crippen LogP contribution >= 0.6 is 0 Å². The van der Waals surface area contributed by atoms with Crippen LogP contribution in [-0.2, 0) is 21.2 Å². The molecule has 0 fully saturated rings. The van der Waals surface area contributed by atoms with E-state index in [1.165, 1.54) is 18.2 Å². The molecular formula is C24H22FN5O4S. The van der Waals surface area contributed by atoms with Crippen molar-refractivity contribution >= 4 is 21.6 Å². The van der Waals surface area contributed by atoms with Crippen LogP contribution in [0.4, 0.5) is 10.2 Å². The minimum atomic E-state index is -4.03. The predicted octanol–water partition coefficient (Wildman–Crippen LogP) is 3.17. The van der Waals surface area contributed by atoms with Crippen LogP contribution < -0.4 is 10.6 Å². The van der Waals surface area contributed by atoms with Crippen molar-refractivity contribution in [3.63, 3.8) is 0 Å². The van der Waals surface area contributed by atoms with E-state index in [0.29, 0.717) is 0 Å². The number of carboxylic acids is 1. The first kappa shape index (κ1) is 24.0. The Morgan fingerprint density at radius 3 is 2.43 bits per heavy atom. The van der Waals surface area contributed by atoms with Gasteiger partial charge in [0.25, 0.3) is 0 Å². The highest BCUT2D eigenvalue weighted by atomic mass is 32.2. The first-order valence-corrected chi connectivity index (χ1v) is 12.1. The van der Waals surface area contributed by atoms with E-state index in [4.69, 9.17) is 5.11 Å². The Morgan fingerprint density at radius 2 is 1.77 bits per heavy atom. The Kier molecular flexibility index (Phi) is 7.18. The summed E-state index contributed by atoms with van der Waals surface area (Å²) in [5.74, 6) is -1.41. The molecule has 4 aromatic rings. The van der Waals surface area contributed by atoms with Crippen LogP contribution in [-0.4, -0.2) is 40.8 Å². The number of nitrogens with one attached hydrogen (secondary N) is 2. The Balaban J connectivity index is 1.62. The molecule has 0 radical (unpaired) electrons. The fourth-order valence-electron chi connectivity index (χ4n) is 3.39. The van der Waals surface area contributed by atoms with Gasteiger partial charge in [-0.3, -0.25) is 10.1 Å². The van der Waals surface area contributed by atoms with Gasteiger partial charge in [-0.25, -0.2) is 22.5 Å². The van der Waals surface area contributed by atoms with Crippen molar-refractivity contribution in [3.05, 3.63) is 102 Å². The van der Waals surface area contributed by atoms with Crippen LogP contribution in [0.15, 0.2) is 90.1 Å². The number of hydrogen-bond acceptors (Lipinski definition) is 7. The molecule has 180 valence electrons. The largest absolute Gasteiger partial charge is 0.480 e. The van der Waals surface area contributed by atoms with Crippen LogP contribution in [0.2, 0.25) is 0 Å². The number of benzene rings is 2. The van der Waals surface area contributed by atoms with Crippen LogP contribution in [0.25, 0.3) is 5.69 Å². The molecule has 9 nitrogen and oxygen atoms in total. The number of sulfone groups is 1. The lowest BCUT2D eigenvalue weighted by Gasteiger charge is -2.20. The SMILES string of the molecule is O=C(O)CNc1cccc(C(NCc2ccc(-n3cccn3)cc2)S(=O)(=O)c2ccc(F)cc2)n1. The van der Waals surface area contributed by atoms with Crippen LogP contribution in [0.3, 0.4) is 0 Å². The van der Waals surface area contributed by atoms with Crippen molar-refractivity contribution < 1.29 is 22.7 Å². The van der Waals surface area contributed by atoms with Gasteiger partial charge in [0.2, 0.25) is 0 Å². The lowest BCUT2D eigenvalue weighted by atomic mass is 10.2. The molecule has 2 heterocycles. The molecule has 0 saturated carbocycles. The zero-order valence-corrected chi connectivity index (χ0v) is 19.2. The Hall–Kier alpha value is -4.09. The van der Waals surface area contributed by atoms with Gasteiger partial charge in [0.1, 0.15) is 18.2 Å². The maximum Gasteiger partial charge on any atom is 0.322 e. The summed E-state index contributed by atoms with van der Waals surface area (Å²) in [6.45, 7) is -0.180. The fourth-order valence-corrected chi connectivity index (χ4v) is 4.93. The van der Waals surface area contributed by atoms with Gasteiger partial charge >= 0.3 is 5.97 Å². The summed E-state index contributed by atoms with van der Waals surface area (Å²) in [5, 5.41) is 17.5. The van der Waals surface area contributed by atoms with E-state index in [-0.39, 0.29) is 29.5 Å². The second kappa shape index (κ2) is 10.5. The van der Waals surface area contributed by atoms with E-state index in [9.17, 15) is 17.6 Å². The van der Waals surface area contributed by atoms with Crippen molar-refractivity contribution in [3.8, 4) is 5.69 Å². The van der Waals surface area contributed by atoms with Gasteiger partial charge in [-0.05, 0) is 60.2 Å². The molecule has 1 atom stereocenters. The molecule has 11 heteroatoms. The highest BCUT2D eigenvalue weighted by Gasteiger charge is 2.30. The number of carbonyl (C=O) groups is 1. The average Bonchev–Trinajstić information content (AvgIpc) is 3.39. The van der Waals surface area contributed by atoms with E-state index in [1.807, 2.05) is 36.5 Å². The second-order valence-corrected chi connectivity index (χ2v) is 9.60. The van der Waals surface area contributed by atoms with E-state index in [1.54, 1.807) is 23.0 Å². The third-order valence-corrected chi connectivity index (χ3v) is 7.07. The number of nitrogens with zero attached hydrogens (tertiary/aromatic N) is 3. The van der Waals surface area contributed by atoms with Crippen molar-refractivity contribution in [2.75, 3.05) is 11.9 Å². The zero-order chi connectivity index (χ0) is 24.8. The predicted molar refractivity (Wildman–Crippen MR) is 127 cm³/mol. The molecule has 35 heavy (non-hydrogen) atoms. The van der Waals surface area contributed by atoms with Crippen molar-refractivity contribution in [2.24, 2.45) is 0 Å². The standard InChI is InChI=1S/C24H22FN5O4S/c25-18-7-11-20(12-8-18)35(33,34)24(21-3-1-4-22(29-21)26-16-23(31)32)27-15-17-5-9-19(10-6-17)30-14-2-13-28-30/h1-14,24,27H,15-16H2,(H,26,29)(H,31,32). The summed E-state index contributed by atoms with van der Waals surface area (Å²) >= 11 is 0. The quantitative estimate of drug-likeness (QED) is 0.287. The molecule has 0 aliphatic rings. The highest BCUT2D eigenvalue weighted by Crippen LogP contribution is 2.27. The molecule has 0 amide bonds. The summed E-state index contributed by atoms with van der Waals surface area (Å²) in [5.41, 5.74) is 1.84. The fraction of sp³-hybridized carbons (Fsp3) is 0.125. The number of rotatable bonds is 10. The number of hydrogen-bond donors (Lipinski definition) is 3. The Labute approximate surface area is 201 Å². The first-order chi connectivity index (χ1) is 16.8. The van der Waals surface area contributed by atoms with Gasteiger partial charge in [-0.15, -0.1) is 0 Å². The van der Waals surface area contributed by atoms with Crippen molar-refractivity contribution in [2.45, 2.75) is 16.8 Å². The normalized spacial score (nSPS) is 12.3. The molecule has 0 aliphatic carbocycles. The van der Waals surface area contributed by atoms with E-state index < -0.39 is 27.0 Å². The van der Waals surface area contributed by atoms with E-state index in [0.717, 1.165) is 23.4 Å². The summed E-state index contributed by atoms with van der Waals surface area (Å²) < 4.78 is 42.1. The maximum atomic E-state index is 13.5. The topological polar surface area (TPSA) is 126 Å². The third kappa shape index (κ3) is 5.89. The second-order valence-electron chi connectivity index (χ2n) is 7.57. The Morgan fingerprint density at radius 1 is 1.03 bits per heavy atom. The monoisotopic (exact) mass is 495 g/mol. The molecule has 0 spiro atoms. The zero-order valence-electron chi connectivity index (χ0n) is 18.4. The van der Waals surface area contributed by atoms with Crippen molar-refractivity contribution in [1.82, 2.24) is 20.1 Å². The Bertz CT molecular complexity index is 1390. The molecule has 2 aromatic heterocycles. The van der Waals surface area contributed by atoms with Crippen LogP contribution in [0.5, 0.6) is 0 Å². The van der Waals surface area contributed by atoms with Gasteiger partial charge < -0.3 is 10.4 Å². The van der Waals surface area contributed by atoms with Gasteiger partial charge in [0.05, 0.1) is 16.3 Å². The smallest absolute Gasteiger partial charge is 0.322 e. The van der Waals surface area contributed by atoms with E-state index >= 15 is 0 Å². The lowest BCUT2D eigenvalue weighted by molar-refractivity contribution is -0.134. The first-order valence-electron chi connectivity index (χ1n) is 10.6. The van der Waals surface area contributed by atoms with Gasteiger partial charge in [0.15, 0.2) is 15.2 Å². The summed E-state index contributed by atoms with van der Waals surface area (Å²) in [6.07, 6.45) is 3.49. The molecule has 0 saturated heterocycles. The number of aromatic nitrogens is 3. The number of carboxylic acid groups (broad SMARTS) is 1. The minimum Gasteiger partial charge on any atom is -0.480 e. The molecular weight excluding hydrogens is 473 g/mol. The van der Waals surface area contributed by atoms with E-state index in [2.05, 4.69) is 20.7 Å². The number of halogens is 1. The van der Waals surface area contributed by atoms with Gasteiger partial charge in [0, 0.05) is 18.9 Å². The minimum absolute atomic E-state index is 0.0730. The van der Waals surface area contributed by atoms with Crippen LogP contribution in [0.1, 0.15) is 16.6 Å². The molecule has 0 aliphatic heterocycles. The van der Waals surface area contributed by atoms with Crippen molar-refractivity contribution in [1.29, 1.82) is 0 Å².